The van der Waals surface area contributed by atoms with Crippen molar-refractivity contribution in [1.29, 1.82) is 5.41 Å². The molecule has 0 spiro atoms. The monoisotopic (exact) mass is 301 g/mol. The number of aliphatic hydroxyl groups is 1. The highest BCUT2D eigenvalue weighted by Gasteiger charge is 2.32. The molecule has 1 fully saturated rings. The molecule has 2 rings (SSSR count). The topological polar surface area (TPSA) is 73.3 Å². The molecular weight excluding hydrogens is 283 g/mol. The number of benzene rings is 1. The first-order chi connectivity index (χ1) is 9.70. The summed E-state index contributed by atoms with van der Waals surface area (Å²) >= 11 is 0. The molecule has 1 heterocycles. The summed E-state index contributed by atoms with van der Waals surface area (Å²) in [4.78, 5) is 1.78. The maximum absolute atomic E-state index is 12.8. The van der Waals surface area contributed by atoms with Gasteiger partial charge in [0.15, 0.2) is 0 Å². The number of nitrogen functional groups attached to an aromatic ring is 1. The van der Waals surface area contributed by atoms with Crippen molar-refractivity contribution in [3.05, 3.63) is 29.3 Å². The van der Waals surface area contributed by atoms with E-state index in [0.29, 0.717) is 18.8 Å². The number of hydrogen-bond donors (Lipinski definition) is 3. The second-order valence-electron chi connectivity index (χ2n) is 5.42. The molecule has 7 heteroatoms. The van der Waals surface area contributed by atoms with E-state index in [9.17, 15) is 18.3 Å². The predicted molar refractivity (Wildman–Crippen MR) is 74.5 cm³/mol. The van der Waals surface area contributed by atoms with Crippen LogP contribution in [0.3, 0.4) is 0 Å². The first-order valence-corrected chi connectivity index (χ1v) is 6.69. The van der Waals surface area contributed by atoms with E-state index in [-0.39, 0.29) is 11.5 Å². The molecule has 0 aromatic heterocycles. The molecular formula is C14H18F3N3O. The van der Waals surface area contributed by atoms with Gasteiger partial charge < -0.3 is 15.7 Å². The highest BCUT2D eigenvalue weighted by atomic mass is 19.4. The van der Waals surface area contributed by atoms with Crippen LogP contribution in [-0.2, 0) is 6.18 Å². The lowest BCUT2D eigenvalue weighted by atomic mass is 9.94. The SMILES string of the molecule is CC1CCN(c2ccc(C(F)(F)F)cc2C(=N)N)CC1O. The van der Waals surface area contributed by atoms with Crippen LogP contribution in [0.15, 0.2) is 18.2 Å². The fraction of sp³-hybridized carbons (Fsp3) is 0.500. The van der Waals surface area contributed by atoms with Crippen LogP contribution in [0.4, 0.5) is 18.9 Å². The molecule has 1 aromatic carbocycles. The van der Waals surface area contributed by atoms with Crippen LogP contribution in [0.25, 0.3) is 0 Å². The number of nitrogens with two attached hydrogens (primary N) is 1. The molecule has 1 aliphatic rings. The van der Waals surface area contributed by atoms with E-state index in [1.54, 1.807) is 4.90 Å². The van der Waals surface area contributed by atoms with E-state index < -0.39 is 23.7 Å². The van der Waals surface area contributed by atoms with Crippen LogP contribution >= 0.6 is 0 Å². The molecule has 116 valence electrons. The van der Waals surface area contributed by atoms with Crippen LogP contribution < -0.4 is 10.6 Å². The Bertz CT molecular complexity index is 545. The van der Waals surface area contributed by atoms with Crippen molar-refractivity contribution >= 4 is 11.5 Å². The molecule has 0 radical (unpaired) electrons. The van der Waals surface area contributed by atoms with Crippen molar-refractivity contribution < 1.29 is 18.3 Å². The predicted octanol–water partition coefficient (Wildman–Crippen LogP) is 2.20. The molecule has 2 atom stereocenters. The zero-order valence-corrected chi connectivity index (χ0v) is 11.6. The lowest BCUT2D eigenvalue weighted by Crippen LogP contribution is -2.43. The second kappa shape index (κ2) is 5.55. The zero-order valence-electron chi connectivity index (χ0n) is 11.6. The third-order valence-corrected chi connectivity index (χ3v) is 3.87. The van der Waals surface area contributed by atoms with Gasteiger partial charge in [0.05, 0.1) is 11.7 Å². The summed E-state index contributed by atoms with van der Waals surface area (Å²) in [5.41, 5.74) is 5.10. The summed E-state index contributed by atoms with van der Waals surface area (Å²) in [7, 11) is 0. The summed E-state index contributed by atoms with van der Waals surface area (Å²) in [6, 6.07) is 3.19. The average Bonchev–Trinajstić information content (AvgIpc) is 2.40. The second-order valence-corrected chi connectivity index (χ2v) is 5.42. The van der Waals surface area contributed by atoms with Crippen LogP contribution in [-0.4, -0.2) is 30.1 Å². The van der Waals surface area contributed by atoms with Gasteiger partial charge in [-0.05, 0) is 30.5 Å². The van der Waals surface area contributed by atoms with Gasteiger partial charge in [-0.15, -0.1) is 0 Å². The quantitative estimate of drug-likeness (QED) is 0.579. The standard InChI is InChI=1S/C14H18F3N3O/c1-8-4-5-20(7-12(8)21)11-3-2-9(14(15,16)17)6-10(11)13(18)19/h2-3,6,8,12,21H,4-5,7H2,1H3,(H3,18,19). The molecule has 2 unspecified atom stereocenters. The van der Waals surface area contributed by atoms with E-state index in [2.05, 4.69) is 0 Å². The molecule has 21 heavy (non-hydrogen) atoms. The summed E-state index contributed by atoms with van der Waals surface area (Å²) in [6.45, 7) is 2.87. The van der Waals surface area contributed by atoms with Gasteiger partial charge >= 0.3 is 6.18 Å². The minimum Gasteiger partial charge on any atom is -0.391 e. The Morgan fingerprint density at radius 3 is 2.62 bits per heavy atom. The van der Waals surface area contributed by atoms with Crippen molar-refractivity contribution in [2.24, 2.45) is 11.7 Å². The Labute approximate surface area is 120 Å². The molecule has 1 aromatic rings. The number of halogens is 3. The molecule has 4 nitrogen and oxygen atoms in total. The molecule has 0 bridgehead atoms. The number of amidine groups is 1. The van der Waals surface area contributed by atoms with Gasteiger partial charge in [-0.2, -0.15) is 13.2 Å². The van der Waals surface area contributed by atoms with Gasteiger partial charge in [-0.25, -0.2) is 0 Å². The number of hydrogen-bond acceptors (Lipinski definition) is 3. The van der Waals surface area contributed by atoms with E-state index in [4.69, 9.17) is 11.1 Å². The number of anilines is 1. The van der Waals surface area contributed by atoms with Crippen LogP contribution in [0, 0.1) is 11.3 Å². The number of nitrogens with zero attached hydrogens (tertiary/aromatic N) is 1. The molecule has 0 amide bonds. The maximum atomic E-state index is 12.8. The number of alkyl halides is 3. The lowest BCUT2D eigenvalue weighted by Gasteiger charge is -2.36. The number of rotatable bonds is 2. The van der Waals surface area contributed by atoms with E-state index in [1.807, 2.05) is 6.92 Å². The normalized spacial score (nSPS) is 23.2. The van der Waals surface area contributed by atoms with Crippen molar-refractivity contribution in [2.75, 3.05) is 18.0 Å². The molecule has 1 aliphatic heterocycles. The third-order valence-electron chi connectivity index (χ3n) is 3.87. The Kier molecular flexibility index (Phi) is 4.13. The fourth-order valence-corrected chi connectivity index (χ4v) is 2.47. The van der Waals surface area contributed by atoms with Crippen molar-refractivity contribution in [2.45, 2.75) is 25.6 Å². The van der Waals surface area contributed by atoms with E-state index in [0.717, 1.165) is 18.6 Å². The highest BCUT2D eigenvalue weighted by Crippen LogP contribution is 2.34. The van der Waals surface area contributed by atoms with E-state index >= 15 is 0 Å². The fourth-order valence-electron chi connectivity index (χ4n) is 2.47. The minimum atomic E-state index is -4.47. The number of aliphatic hydroxyl groups excluding tert-OH is 1. The molecule has 0 saturated carbocycles. The van der Waals surface area contributed by atoms with Crippen molar-refractivity contribution in [3.8, 4) is 0 Å². The van der Waals surface area contributed by atoms with E-state index in [1.165, 1.54) is 6.07 Å². The highest BCUT2D eigenvalue weighted by molar-refractivity contribution is 6.00. The first kappa shape index (κ1) is 15.6. The third kappa shape index (κ3) is 3.29. The van der Waals surface area contributed by atoms with Gasteiger partial charge in [0.1, 0.15) is 5.84 Å². The Balaban J connectivity index is 2.38. The number of piperidine rings is 1. The zero-order chi connectivity index (χ0) is 15.8. The smallest absolute Gasteiger partial charge is 0.391 e. The number of nitrogens with one attached hydrogen (secondary N) is 1. The van der Waals surface area contributed by atoms with Gasteiger partial charge in [-0.3, -0.25) is 5.41 Å². The largest absolute Gasteiger partial charge is 0.416 e. The number of β-amino-alcohol motifs (C(OH)–C–C–N with tert-alkyl or cyclic N) is 1. The summed E-state index contributed by atoms with van der Waals surface area (Å²) in [5.74, 6) is -0.263. The summed E-state index contributed by atoms with van der Waals surface area (Å²) in [6.07, 6.45) is -4.28. The van der Waals surface area contributed by atoms with Crippen LogP contribution in [0.2, 0.25) is 0 Å². The summed E-state index contributed by atoms with van der Waals surface area (Å²) < 4.78 is 38.3. The summed E-state index contributed by atoms with van der Waals surface area (Å²) in [5, 5.41) is 17.4. The van der Waals surface area contributed by atoms with Crippen molar-refractivity contribution in [3.63, 3.8) is 0 Å². The molecule has 4 N–H and O–H groups in total. The average molecular weight is 301 g/mol. The van der Waals surface area contributed by atoms with Crippen LogP contribution in [0.5, 0.6) is 0 Å². The first-order valence-electron chi connectivity index (χ1n) is 6.69. The lowest BCUT2D eigenvalue weighted by molar-refractivity contribution is -0.137. The van der Waals surface area contributed by atoms with Gasteiger partial charge in [0.25, 0.3) is 0 Å². The molecule has 0 aliphatic carbocycles. The van der Waals surface area contributed by atoms with Crippen molar-refractivity contribution in [1.82, 2.24) is 0 Å². The molecule has 1 saturated heterocycles. The van der Waals surface area contributed by atoms with Gasteiger partial charge in [0.2, 0.25) is 0 Å². The van der Waals surface area contributed by atoms with Gasteiger partial charge in [0, 0.05) is 24.3 Å². The Morgan fingerprint density at radius 2 is 2.10 bits per heavy atom. The van der Waals surface area contributed by atoms with Gasteiger partial charge in [-0.1, -0.05) is 6.92 Å². The van der Waals surface area contributed by atoms with Crippen LogP contribution in [0.1, 0.15) is 24.5 Å². The minimum absolute atomic E-state index is 0.0478. The maximum Gasteiger partial charge on any atom is 0.416 e. The Morgan fingerprint density at radius 1 is 1.43 bits per heavy atom. The Hall–Kier alpha value is -1.76.